The molecule has 3 N–H and O–H groups in total. The van der Waals surface area contributed by atoms with E-state index in [-0.39, 0.29) is 5.76 Å². The lowest BCUT2D eigenvalue weighted by atomic mass is 10.2. The van der Waals surface area contributed by atoms with E-state index >= 15 is 0 Å². The molecule has 1 aliphatic rings. The first-order chi connectivity index (χ1) is 12.6. The number of carbonyl (C=O) groups is 1. The van der Waals surface area contributed by atoms with Crippen LogP contribution >= 0.6 is 0 Å². The van der Waals surface area contributed by atoms with Crippen molar-refractivity contribution in [2.75, 3.05) is 38.1 Å². The van der Waals surface area contributed by atoms with Gasteiger partial charge < -0.3 is 25.3 Å². The highest BCUT2D eigenvalue weighted by atomic mass is 16.3. The summed E-state index contributed by atoms with van der Waals surface area (Å²) in [5.41, 5.74) is 7.75. The molecule has 7 heteroatoms. The van der Waals surface area contributed by atoms with Crippen molar-refractivity contribution in [1.29, 1.82) is 0 Å². The average molecular weight is 355 g/mol. The van der Waals surface area contributed by atoms with Gasteiger partial charge in [-0.1, -0.05) is 12.1 Å². The summed E-state index contributed by atoms with van der Waals surface area (Å²) in [5.74, 6) is 1.08. The van der Waals surface area contributed by atoms with E-state index in [9.17, 15) is 4.79 Å². The first-order valence-corrected chi connectivity index (χ1v) is 8.72. The highest BCUT2D eigenvalue weighted by molar-refractivity contribution is 5.89. The number of piperazine rings is 1. The maximum absolute atomic E-state index is 11.1. The highest BCUT2D eigenvalue weighted by Crippen LogP contribution is 2.18. The largest absolute Gasteiger partial charge is 0.454 e. The van der Waals surface area contributed by atoms with Gasteiger partial charge in [0.2, 0.25) is 0 Å². The van der Waals surface area contributed by atoms with Crippen LogP contribution in [0.4, 0.5) is 5.69 Å². The molecule has 2 heterocycles. The normalized spacial score (nSPS) is 15.2. The zero-order valence-corrected chi connectivity index (χ0v) is 15.2. The van der Waals surface area contributed by atoms with Crippen molar-refractivity contribution in [3.8, 4) is 0 Å². The van der Waals surface area contributed by atoms with Crippen molar-refractivity contribution in [2.24, 2.45) is 10.7 Å². The molecule has 1 amide bonds. The van der Waals surface area contributed by atoms with Crippen LogP contribution in [0.2, 0.25) is 0 Å². The minimum atomic E-state index is -0.562. The van der Waals surface area contributed by atoms with Gasteiger partial charge in [0.25, 0.3) is 5.91 Å². The lowest BCUT2D eigenvalue weighted by Crippen LogP contribution is -2.52. The number of hydrogen-bond acceptors (Lipinski definition) is 4. The van der Waals surface area contributed by atoms with Gasteiger partial charge in [-0.25, -0.2) is 0 Å². The molecule has 1 saturated heterocycles. The fourth-order valence-electron chi connectivity index (χ4n) is 3.10. The Hall–Kier alpha value is -2.96. The van der Waals surface area contributed by atoms with Gasteiger partial charge in [-0.2, -0.15) is 0 Å². The number of nitrogens with two attached hydrogens (primary N) is 1. The second-order valence-electron chi connectivity index (χ2n) is 6.34. The van der Waals surface area contributed by atoms with Gasteiger partial charge in [0.15, 0.2) is 11.7 Å². The molecule has 1 aliphatic heterocycles. The number of carbonyl (C=O) groups excluding carboxylic acids is 1. The minimum absolute atomic E-state index is 0.170. The van der Waals surface area contributed by atoms with Gasteiger partial charge in [0, 0.05) is 38.9 Å². The van der Waals surface area contributed by atoms with Gasteiger partial charge in [0.1, 0.15) is 5.76 Å². The summed E-state index contributed by atoms with van der Waals surface area (Å²) in [7, 11) is 1.77. The van der Waals surface area contributed by atoms with E-state index in [0.29, 0.717) is 12.3 Å². The van der Waals surface area contributed by atoms with Crippen LogP contribution in [0.25, 0.3) is 0 Å². The molecule has 0 aliphatic carbocycles. The van der Waals surface area contributed by atoms with Crippen LogP contribution in [-0.2, 0) is 6.54 Å². The number of aliphatic imine (C=N–C) groups is 1. The molecule has 0 radical (unpaired) electrons. The number of hydrogen-bond donors (Lipinski definition) is 2. The lowest BCUT2D eigenvalue weighted by molar-refractivity contribution is 0.0972. The number of rotatable bonds is 4. The maximum Gasteiger partial charge on any atom is 0.284 e. The van der Waals surface area contributed by atoms with E-state index in [1.165, 1.54) is 11.3 Å². The monoisotopic (exact) mass is 355 g/mol. The molecule has 7 nitrogen and oxygen atoms in total. The van der Waals surface area contributed by atoms with Crippen molar-refractivity contribution in [2.45, 2.75) is 13.5 Å². The van der Waals surface area contributed by atoms with Gasteiger partial charge in [-0.05, 0) is 36.8 Å². The van der Waals surface area contributed by atoms with E-state index in [1.807, 2.05) is 0 Å². The van der Waals surface area contributed by atoms with Gasteiger partial charge in [-0.3, -0.25) is 9.79 Å². The molecule has 0 spiro atoms. The molecule has 26 heavy (non-hydrogen) atoms. The van der Waals surface area contributed by atoms with Crippen molar-refractivity contribution >= 4 is 17.6 Å². The highest BCUT2D eigenvalue weighted by Gasteiger charge is 2.20. The first-order valence-electron chi connectivity index (χ1n) is 8.72. The Kier molecular flexibility index (Phi) is 5.46. The molecule has 1 fully saturated rings. The third-order valence-corrected chi connectivity index (χ3v) is 4.48. The number of amides is 1. The molecule has 1 aromatic heterocycles. The number of primary amides is 1. The van der Waals surface area contributed by atoms with Crippen molar-refractivity contribution in [1.82, 2.24) is 10.2 Å². The summed E-state index contributed by atoms with van der Waals surface area (Å²) >= 11 is 0. The van der Waals surface area contributed by atoms with Gasteiger partial charge >= 0.3 is 0 Å². The third-order valence-electron chi connectivity index (χ3n) is 4.48. The number of anilines is 1. The van der Waals surface area contributed by atoms with E-state index in [2.05, 4.69) is 51.3 Å². The summed E-state index contributed by atoms with van der Waals surface area (Å²) < 4.78 is 5.39. The van der Waals surface area contributed by atoms with Crippen LogP contribution in [0, 0.1) is 6.92 Å². The van der Waals surface area contributed by atoms with Crippen LogP contribution in [0.15, 0.2) is 45.8 Å². The number of aryl methyl sites for hydroxylation is 1. The van der Waals surface area contributed by atoms with Crippen LogP contribution in [0.3, 0.4) is 0 Å². The first kappa shape index (κ1) is 17.8. The van der Waals surface area contributed by atoms with Crippen LogP contribution < -0.4 is 16.0 Å². The standard InChI is InChI=1S/C19H25N5O2/c1-14-4-3-5-15(12-14)23-8-10-24(11-9-23)19(21-2)22-13-16-6-7-17(26-16)18(20)25/h3-7,12H,8-11,13H2,1-2H3,(H2,20,25)(H,21,22). The fraction of sp³-hybridized carbons (Fsp3) is 0.368. The topological polar surface area (TPSA) is 87.1 Å². The molecule has 138 valence electrons. The van der Waals surface area contributed by atoms with Crippen molar-refractivity contribution in [3.63, 3.8) is 0 Å². The van der Waals surface area contributed by atoms with Crippen LogP contribution in [0.1, 0.15) is 21.9 Å². The predicted molar refractivity (Wildman–Crippen MR) is 102 cm³/mol. The average Bonchev–Trinajstić information content (AvgIpc) is 3.12. The summed E-state index contributed by atoms with van der Waals surface area (Å²) in [6.07, 6.45) is 0. The fourth-order valence-corrected chi connectivity index (χ4v) is 3.10. The van der Waals surface area contributed by atoms with E-state index in [1.54, 1.807) is 19.2 Å². The second kappa shape index (κ2) is 7.95. The van der Waals surface area contributed by atoms with Crippen molar-refractivity contribution < 1.29 is 9.21 Å². The Balaban J connectivity index is 1.54. The Morgan fingerprint density at radius 1 is 1.23 bits per heavy atom. The predicted octanol–water partition coefficient (Wildman–Crippen LogP) is 1.58. The molecule has 0 saturated carbocycles. The molecule has 0 bridgehead atoms. The molecule has 3 rings (SSSR count). The molecule has 0 atom stereocenters. The Bertz CT molecular complexity index is 791. The lowest BCUT2D eigenvalue weighted by Gasteiger charge is -2.37. The van der Waals surface area contributed by atoms with Gasteiger partial charge in [0.05, 0.1) is 6.54 Å². The van der Waals surface area contributed by atoms with Crippen LogP contribution in [-0.4, -0.2) is 50.0 Å². The zero-order chi connectivity index (χ0) is 18.5. The van der Waals surface area contributed by atoms with E-state index in [0.717, 1.165) is 32.1 Å². The van der Waals surface area contributed by atoms with E-state index in [4.69, 9.17) is 10.2 Å². The quantitative estimate of drug-likeness (QED) is 0.642. The molecular formula is C19H25N5O2. The summed E-state index contributed by atoms with van der Waals surface area (Å²) in [6, 6.07) is 11.9. The molecular weight excluding hydrogens is 330 g/mol. The van der Waals surface area contributed by atoms with Gasteiger partial charge in [-0.15, -0.1) is 0 Å². The van der Waals surface area contributed by atoms with Crippen LogP contribution in [0.5, 0.6) is 0 Å². The summed E-state index contributed by atoms with van der Waals surface area (Å²) in [6.45, 7) is 6.23. The summed E-state index contributed by atoms with van der Waals surface area (Å²) in [4.78, 5) is 20.1. The minimum Gasteiger partial charge on any atom is -0.454 e. The maximum atomic E-state index is 11.1. The Morgan fingerprint density at radius 3 is 2.62 bits per heavy atom. The number of guanidine groups is 1. The second-order valence-corrected chi connectivity index (χ2v) is 6.34. The third kappa shape index (κ3) is 4.17. The number of nitrogens with one attached hydrogen (secondary N) is 1. The SMILES string of the molecule is CN=C(NCc1ccc(C(N)=O)o1)N1CCN(c2cccc(C)c2)CC1. The summed E-state index contributed by atoms with van der Waals surface area (Å²) in [5, 5.41) is 3.28. The molecule has 1 aromatic carbocycles. The Labute approximate surface area is 153 Å². The van der Waals surface area contributed by atoms with Crippen molar-refractivity contribution in [3.05, 3.63) is 53.5 Å². The zero-order valence-electron chi connectivity index (χ0n) is 15.2. The molecule has 0 unspecified atom stereocenters. The smallest absolute Gasteiger partial charge is 0.284 e. The Morgan fingerprint density at radius 2 is 2.00 bits per heavy atom. The number of furan rings is 1. The van der Waals surface area contributed by atoms with E-state index < -0.39 is 5.91 Å². The number of benzene rings is 1. The number of nitrogens with zero attached hydrogens (tertiary/aromatic N) is 3. The molecule has 2 aromatic rings.